The summed E-state index contributed by atoms with van der Waals surface area (Å²) in [6.07, 6.45) is 1.85. The third-order valence-corrected chi connectivity index (χ3v) is 101. The summed E-state index contributed by atoms with van der Waals surface area (Å²) in [5, 5.41) is 0. The second-order valence-corrected chi connectivity index (χ2v) is 103. The number of carbonyl (C=O) groups is 8. The van der Waals surface area contributed by atoms with E-state index in [4.69, 9.17) is 120 Å². The number of hydrogen-bond donors (Lipinski definition) is 0. The maximum absolute atomic E-state index is 13.0. The summed E-state index contributed by atoms with van der Waals surface area (Å²) in [6.45, 7) is 101. The van der Waals surface area contributed by atoms with Crippen molar-refractivity contribution in [3.8, 4) is 0 Å². The van der Waals surface area contributed by atoms with Crippen molar-refractivity contribution < 1.29 is 164 Å². The SMILES string of the molecule is C.C.C.C.C=C(C)C(=O)OCCC[Si]1(C)O[Si](C)(CCCOC(=O)C(=C)C)O[Si](C)(O[Si](C)(C)O[Si](C)(C)O[Si](C)(C)O[Si]2(C)O[Si](C)(CCCOC(=O)C(=C)C)O[Si](C)(O[Si](C)(C)O[Si](C)(C)O[Si](C)(C)O[Si]3(C)O[Si](C)(CCC(C)OC(=O)C(=C)C)O[Si](C)(C(C)CCOC(=O)C(=C)C)O[Si](C)(C(C)CCOC(=O)C(=C)C)O3)O[Si](C)(CCCOC(=O)C(=C)C)O2)O[Si](C)(CCCOC(=O)C(=C)C)O1.CC.CC.O. The van der Waals surface area contributed by atoms with E-state index >= 15 is 0 Å². The van der Waals surface area contributed by atoms with Crippen LogP contribution in [0.5, 0.6) is 0 Å². The molecule has 0 aromatic carbocycles. The lowest BCUT2D eigenvalue weighted by molar-refractivity contribution is -0.144. The summed E-state index contributed by atoms with van der Waals surface area (Å²) in [7, 11) is -67.6. The minimum atomic E-state index is -4.25. The zero-order valence-electron chi connectivity index (χ0n) is 93.4. The van der Waals surface area contributed by atoms with Crippen molar-refractivity contribution in [2.75, 3.05) is 46.2 Å². The molecule has 0 spiro atoms. The van der Waals surface area contributed by atoms with Gasteiger partial charge in [0, 0.05) is 81.9 Å². The molecule has 0 saturated carbocycles. The molecule has 11 unspecified atom stereocenters. The number of ether oxygens (including phenoxy) is 8. The van der Waals surface area contributed by atoms with Crippen molar-refractivity contribution in [2.24, 2.45) is 0 Å². The first-order chi connectivity index (χ1) is 64.0. The highest BCUT2D eigenvalue weighted by molar-refractivity contribution is 6.99. The van der Waals surface area contributed by atoms with Gasteiger partial charge in [0.15, 0.2) is 0 Å². The minimum absolute atomic E-state index is 0. The Morgan fingerprint density at radius 3 is 0.637 bits per heavy atom. The fraction of sp³-hybridized carbons (Fsp3) is 0.736. The molecule has 55 heteroatoms. The summed E-state index contributed by atoms with van der Waals surface area (Å²) in [5.41, 5.74) is 1.13. The van der Waals surface area contributed by atoms with Crippen molar-refractivity contribution in [1.82, 2.24) is 0 Å². The lowest BCUT2D eigenvalue weighted by atomic mass is 10.3. The number of rotatable bonds is 56. The Labute approximate surface area is 899 Å². The van der Waals surface area contributed by atoms with Gasteiger partial charge in [-0.2, -0.15) is 0 Å². The van der Waals surface area contributed by atoms with E-state index in [0.29, 0.717) is 56.7 Å². The van der Waals surface area contributed by atoms with E-state index in [1.807, 2.05) is 172 Å². The van der Waals surface area contributed by atoms with Crippen LogP contribution in [0.2, 0.25) is 204 Å². The molecule has 146 heavy (non-hydrogen) atoms. The van der Waals surface area contributed by atoms with Crippen LogP contribution in [0.25, 0.3) is 0 Å². The van der Waals surface area contributed by atoms with E-state index in [9.17, 15) is 38.4 Å². The smallest absolute Gasteiger partial charge is 0.462 e. The van der Waals surface area contributed by atoms with Crippen LogP contribution in [-0.2, 0) is 159 Å². The van der Waals surface area contributed by atoms with E-state index in [2.05, 4.69) is 52.6 Å². The average Bonchev–Trinajstić information content (AvgIpc) is 0.751. The zero-order chi connectivity index (χ0) is 110. The van der Waals surface area contributed by atoms with Gasteiger partial charge in [-0.25, -0.2) is 38.4 Å². The molecule has 3 aliphatic rings. The molecule has 0 aromatic heterocycles. The Hall–Kier alpha value is -3.26. The molecule has 0 amide bonds. The van der Waals surface area contributed by atoms with Gasteiger partial charge in [-0.05, 0) is 281 Å². The zero-order valence-corrected chi connectivity index (χ0v) is 111. The van der Waals surface area contributed by atoms with E-state index in [-0.39, 0.29) is 163 Å². The van der Waals surface area contributed by atoms with Crippen LogP contribution in [0.3, 0.4) is 0 Å². The van der Waals surface area contributed by atoms with Crippen molar-refractivity contribution in [2.45, 2.75) is 396 Å². The second kappa shape index (κ2) is 63.2. The van der Waals surface area contributed by atoms with Gasteiger partial charge in [0.2, 0.25) is 0 Å². The normalized spacial score (nSPS) is 26.7. The fourth-order valence-corrected chi connectivity index (χ4v) is 117. The topological polar surface area (TPSA) is 427 Å². The molecule has 0 aromatic rings. The molecule has 37 nitrogen and oxygen atoms in total. The van der Waals surface area contributed by atoms with Crippen LogP contribution in [0.15, 0.2) is 97.2 Å². The molecule has 0 bridgehead atoms. The standard InChI is InChI=1S/C83H166O36Si18.2C2H6.4CH4.H2O/c1-65(2)76(84)92-52-44-59-126(32)108-127(33,60-45-53-93-77(85)66(3)4)111-134(40,112-128(34,109-126)61-46-54-94-78(86)67(5)6)104-122(24,25)100-120(20,21)101-123(26,27)105-135(41)113-129(35,62-47-55-95-79(87)68(7)8)115-136(42,116-130(36,114-135)63-48-56-96-80(88)69(9)10)106-124(28,29)102-121(22,23)103-125(30,31)107-137(43)117-131(37,64-51-73(17)99-83(91)72(15)16)110-132(38,74(18)49-57-97-81(89)70(11)12)118-133(39,119-137)75(19)50-58-98-82(90)71(13)14;2*1-2;;;;;/h73-75H,1,3,5,7,9,11,13,15,44-64H2,2,4,6,8,10,12,14,16-43H3;2*1-2H3;4*1H4;1H2. The van der Waals surface area contributed by atoms with Gasteiger partial charge >= 0.3 is 203 Å². The summed E-state index contributed by atoms with van der Waals surface area (Å²) < 4.78 is 194. The van der Waals surface area contributed by atoms with E-state index in [1.54, 1.807) is 88.5 Å². The lowest BCUT2D eigenvalue weighted by Gasteiger charge is -2.53. The molecule has 3 fully saturated rings. The lowest BCUT2D eigenvalue weighted by Crippen LogP contribution is -2.72. The Kier molecular flexibility index (Phi) is 65.5. The first-order valence-corrected chi connectivity index (χ1v) is 94.4. The van der Waals surface area contributed by atoms with Crippen molar-refractivity contribution in [3.63, 3.8) is 0 Å². The van der Waals surface area contributed by atoms with Crippen LogP contribution in [0.1, 0.15) is 185 Å². The molecule has 0 aliphatic carbocycles. The third-order valence-electron chi connectivity index (χ3n) is 21.1. The second-order valence-electron chi connectivity index (χ2n) is 40.6. The van der Waals surface area contributed by atoms with Crippen molar-refractivity contribution >= 4 is 203 Å². The quantitative estimate of drug-likeness (QED) is 0.0179. The summed E-state index contributed by atoms with van der Waals surface area (Å²) >= 11 is 0. The van der Waals surface area contributed by atoms with Crippen LogP contribution in [0.4, 0.5) is 0 Å². The summed E-state index contributed by atoms with van der Waals surface area (Å²) in [6, 6.07) is 1.59. The maximum atomic E-state index is 13.0. The molecule has 3 aliphatic heterocycles. The van der Waals surface area contributed by atoms with Crippen LogP contribution >= 0.6 is 0 Å². The summed E-state index contributed by atoms with van der Waals surface area (Å²) in [4.78, 5) is 103. The Bertz CT molecular complexity index is 4200. The van der Waals surface area contributed by atoms with Gasteiger partial charge in [0.05, 0.1) is 52.4 Å². The molecule has 2 N–H and O–H groups in total. The Balaban J connectivity index is -0.00000727. The molecule has 3 saturated heterocycles. The Morgan fingerprint density at radius 2 is 0.425 bits per heavy atom. The van der Waals surface area contributed by atoms with Gasteiger partial charge in [-0.15, -0.1) is 0 Å². The molecular formula is C91H196O37Si18. The summed E-state index contributed by atoms with van der Waals surface area (Å²) in [5.74, 6) is -4.43. The molecule has 0 radical (unpaired) electrons. The molecule has 854 valence electrons. The average molecular weight is 2390 g/mol. The first kappa shape index (κ1) is 151. The highest BCUT2D eigenvalue weighted by Gasteiger charge is 2.67. The van der Waals surface area contributed by atoms with E-state index in [1.165, 1.54) is 0 Å². The van der Waals surface area contributed by atoms with Crippen molar-refractivity contribution in [3.05, 3.63) is 97.2 Å². The fourth-order valence-electron chi connectivity index (χ4n) is 16.2. The van der Waals surface area contributed by atoms with Gasteiger partial charge in [0.25, 0.3) is 0 Å². The molecule has 3 rings (SSSR count). The predicted octanol–water partition coefficient (Wildman–Crippen LogP) is 22.4. The van der Waals surface area contributed by atoms with E-state index < -0.39 is 214 Å². The molecule has 3 heterocycles. The van der Waals surface area contributed by atoms with Crippen LogP contribution in [0, 0.1) is 0 Å². The van der Waals surface area contributed by atoms with Crippen LogP contribution in [-0.4, -0.2) is 261 Å². The monoisotopic (exact) mass is 2380 g/mol. The highest BCUT2D eigenvalue weighted by Crippen LogP contribution is 2.47. The number of hydrogen-bond acceptors (Lipinski definition) is 36. The highest BCUT2D eigenvalue weighted by atomic mass is 28.6. The van der Waals surface area contributed by atoms with Gasteiger partial charge in [0.1, 0.15) is 0 Å². The van der Waals surface area contributed by atoms with E-state index in [0.717, 1.165) is 0 Å². The van der Waals surface area contributed by atoms with Gasteiger partial charge < -0.3 is 126 Å². The predicted molar refractivity (Wildman–Crippen MR) is 615 cm³/mol. The molecular weight excluding hydrogens is 2190 g/mol. The maximum Gasteiger partial charge on any atom is 0.470 e. The largest absolute Gasteiger partial charge is 0.470 e. The van der Waals surface area contributed by atoms with Crippen LogP contribution < -0.4 is 0 Å². The van der Waals surface area contributed by atoms with Gasteiger partial charge in [-0.1, -0.05) is 124 Å². The minimum Gasteiger partial charge on any atom is -0.462 e. The third kappa shape index (κ3) is 55.4. The van der Waals surface area contributed by atoms with Crippen molar-refractivity contribution in [1.29, 1.82) is 0 Å². The number of carbonyl (C=O) groups excluding carboxylic acids is 8. The Morgan fingerprint density at radius 1 is 0.247 bits per heavy atom. The van der Waals surface area contributed by atoms with Gasteiger partial charge in [-0.3, -0.25) is 0 Å². The first-order valence-electron chi connectivity index (χ1n) is 48.7. The molecule has 11 atom stereocenters. The number of esters is 8.